The summed E-state index contributed by atoms with van der Waals surface area (Å²) in [6.45, 7) is 6.93. The second kappa shape index (κ2) is 10.8. The summed E-state index contributed by atoms with van der Waals surface area (Å²) >= 11 is 1.72. The molecule has 0 radical (unpaired) electrons. The highest BCUT2D eigenvalue weighted by Crippen LogP contribution is 2.06. The van der Waals surface area contributed by atoms with Gasteiger partial charge in [0.2, 0.25) is 0 Å². The van der Waals surface area contributed by atoms with Crippen LogP contribution < -0.4 is 10.6 Å². The van der Waals surface area contributed by atoms with Crippen LogP contribution in [0.3, 0.4) is 0 Å². The molecule has 0 aliphatic rings. The lowest BCUT2D eigenvalue weighted by Gasteiger charge is -2.10. The van der Waals surface area contributed by atoms with Crippen LogP contribution in [0.15, 0.2) is 21.8 Å². The van der Waals surface area contributed by atoms with E-state index >= 15 is 0 Å². The van der Waals surface area contributed by atoms with Gasteiger partial charge in [-0.05, 0) is 35.7 Å². The number of hydrogen-bond acceptors (Lipinski definition) is 2. The molecule has 0 aromatic carbocycles. The Bertz CT molecular complexity index is 299. The van der Waals surface area contributed by atoms with Crippen molar-refractivity contribution in [2.75, 3.05) is 13.1 Å². The minimum atomic E-state index is 0. The molecule has 0 amide bonds. The first-order chi connectivity index (χ1) is 7.86. The molecule has 0 bridgehead atoms. The number of hydrogen-bond donors (Lipinski definition) is 2. The molecule has 0 aliphatic carbocycles. The first-order valence-electron chi connectivity index (χ1n) is 5.90. The normalized spacial score (nSPS) is 10.8. The van der Waals surface area contributed by atoms with Crippen LogP contribution >= 0.6 is 35.3 Å². The third-order valence-electron chi connectivity index (χ3n) is 2.17. The number of guanidine groups is 1. The van der Waals surface area contributed by atoms with E-state index in [1.807, 2.05) is 0 Å². The Kier molecular flexibility index (Phi) is 10.6. The van der Waals surface area contributed by atoms with Gasteiger partial charge in [0.25, 0.3) is 0 Å². The van der Waals surface area contributed by atoms with E-state index in [-0.39, 0.29) is 24.0 Å². The molecule has 0 unspecified atom stereocenters. The summed E-state index contributed by atoms with van der Waals surface area (Å²) in [4.78, 5) is 4.53. The summed E-state index contributed by atoms with van der Waals surface area (Å²) in [6.07, 6.45) is 2.39. The molecule has 1 heterocycles. The third-order valence-corrected chi connectivity index (χ3v) is 2.90. The predicted molar refractivity (Wildman–Crippen MR) is 87.5 cm³/mol. The van der Waals surface area contributed by atoms with Crippen LogP contribution in [0.1, 0.15) is 32.3 Å². The van der Waals surface area contributed by atoms with Crippen LogP contribution in [-0.2, 0) is 6.54 Å². The molecule has 0 aliphatic heterocycles. The monoisotopic (exact) mass is 367 g/mol. The van der Waals surface area contributed by atoms with Gasteiger partial charge in [0.15, 0.2) is 5.96 Å². The molecule has 5 heteroatoms. The number of rotatable bonds is 6. The minimum Gasteiger partial charge on any atom is -0.357 e. The first kappa shape index (κ1) is 16.7. The van der Waals surface area contributed by atoms with E-state index in [0.29, 0.717) is 0 Å². The smallest absolute Gasteiger partial charge is 0.191 e. The largest absolute Gasteiger partial charge is 0.357 e. The highest BCUT2D eigenvalue weighted by molar-refractivity contribution is 14.0. The Morgan fingerprint density at radius 1 is 1.35 bits per heavy atom. The minimum absolute atomic E-state index is 0. The highest BCUT2D eigenvalue weighted by atomic mass is 127. The van der Waals surface area contributed by atoms with Crippen molar-refractivity contribution >= 4 is 41.3 Å². The molecule has 0 saturated heterocycles. The molecule has 0 atom stereocenters. The maximum Gasteiger partial charge on any atom is 0.191 e. The fourth-order valence-electron chi connectivity index (χ4n) is 1.28. The van der Waals surface area contributed by atoms with E-state index in [9.17, 15) is 0 Å². The summed E-state index contributed by atoms with van der Waals surface area (Å²) in [6, 6.07) is 2.11. The standard InChI is InChI=1S/C12H21N3S.HI/c1-3-5-7-14-12(13-4-2)15-9-11-6-8-16-10-11;/h6,8,10H,3-5,7,9H2,1-2H3,(H2,13,14,15);1H. The molecular weight excluding hydrogens is 345 g/mol. The zero-order valence-corrected chi connectivity index (χ0v) is 13.7. The van der Waals surface area contributed by atoms with Crippen molar-refractivity contribution in [3.05, 3.63) is 22.4 Å². The maximum absolute atomic E-state index is 4.53. The molecule has 1 aromatic heterocycles. The van der Waals surface area contributed by atoms with Gasteiger partial charge in [0.05, 0.1) is 6.54 Å². The molecule has 1 rings (SSSR count). The fraction of sp³-hybridized carbons (Fsp3) is 0.583. The van der Waals surface area contributed by atoms with Crippen LogP contribution in [0.5, 0.6) is 0 Å². The Hall–Kier alpha value is -0.300. The molecule has 17 heavy (non-hydrogen) atoms. The second-order valence-electron chi connectivity index (χ2n) is 3.61. The van der Waals surface area contributed by atoms with E-state index in [1.54, 1.807) is 11.3 Å². The predicted octanol–water partition coefficient (Wildman–Crippen LogP) is 3.22. The quantitative estimate of drug-likeness (QED) is 0.351. The van der Waals surface area contributed by atoms with Gasteiger partial charge >= 0.3 is 0 Å². The summed E-state index contributed by atoms with van der Waals surface area (Å²) in [7, 11) is 0. The molecule has 2 N–H and O–H groups in total. The molecule has 0 fully saturated rings. The van der Waals surface area contributed by atoms with E-state index in [4.69, 9.17) is 0 Å². The van der Waals surface area contributed by atoms with Crippen molar-refractivity contribution in [1.29, 1.82) is 0 Å². The van der Waals surface area contributed by atoms with E-state index in [1.165, 1.54) is 18.4 Å². The lowest BCUT2D eigenvalue weighted by atomic mass is 10.3. The number of aliphatic imine (C=N–C) groups is 1. The molecule has 1 aromatic rings. The average molecular weight is 367 g/mol. The Balaban J connectivity index is 0.00000256. The third kappa shape index (κ3) is 7.59. The number of thiophene rings is 1. The fourth-order valence-corrected chi connectivity index (χ4v) is 1.94. The van der Waals surface area contributed by atoms with Crippen molar-refractivity contribution < 1.29 is 0 Å². The Labute approximate surface area is 125 Å². The van der Waals surface area contributed by atoms with Crippen molar-refractivity contribution in [2.45, 2.75) is 33.2 Å². The highest BCUT2D eigenvalue weighted by Gasteiger charge is 1.96. The molecule has 3 nitrogen and oxygen atoms in total. The summed E-state index contributed by atoms with van der Waals surface area (Å²) in [5.74, 6) is 0.919. The van der Waals surface area contributed by atoms with Gasteiger partial charge in [-0.25, -0.2) is 4.99 Å². The summed E-state index contributed by atoms with van der Waals surface area (Å²) < 4.78 is 0. The van der Waals surface area contributed by atoms with Crippen LogP contribution in [0, 0.1) is 0 Å². The van der Waals surface area contributed by atoms with Gasteiger partial charge < -0.3 is 10.6 Å². The zero-order valence-electron chi connectivity index (χ0n) is 10.5. The van der Waals surface area contributed by atoms with Crippen molar-refractivity contribution in [3.8, 4) is 0 Å². The Morgan fingerprint density at radius 2 is 2.18 bits per heavy atom. The van der Waals surface area contributed by atoms with E-state index < -0.39 is 0 Å². The van der Waals surface area contributed by atoms with Crippen LogP contribution in [0.25, 0.3) is 0 Å². The van der Waals surface area contributed by atoms with Crippen molar-refractivity contribution in [3.63, 3.8) is 0 Å². The van der Waals surface area contributed by atoms with Crippen LogP contribution in [-0.4, -0.2) is 19.0 Å². The SMILES string of the molecule is CCCCNC(=NCc1ccsc1)NCC.I. The van der Waals surface area contributed by atoms with Gasteiger partial charge in [-0.2, -0.15) is 11.3 Å². The van der Waals surface area contributed by atoms with Gasteiger partial charge in [-0.15, -0.1) is 24.0 Å². The van der Waals surface area contributed by atoms with Gasteiger partial charge in [0, 0.05) is 13.1 Å². The number of nitrogens with one attached hydrogen (secondary N) is 2. The second-order valence-corrected chi connectivity index (χ2v) is 4.39. The average Bonchev–Trinajstić information content (AvgIpc) is 2.79. The van der Waals surface area contributed by atoms with E-state index in [0.717, 1.165) is 25.6 Å². The lowest BCUT2D eigenvalue weighted by Crippen LogP contribution is -2.37. The van der Waals surface area contributed by atoms with E-state index in [2.05, 4.69) is 46.3 Å². The number of halogens is 1. The van der Waals surface area contributed by atoms with Crippen LogP contribution in [0.4, 0.5) is 0 Å². The molecular formula is C12H22IN3S. The van der Waals surface area contributed by atoms with Gasteiger partial charge in [0.1, 0.15) is 0 Å². The topological polar surface area (TPSA) is 36.4 Å². The van der Waals surface area contributed by atoms with Gasteiger partial charge in [-0.3, -0.25) is 0 Å². The van der Waals surface area contributed by atoms with Crippen molar-refractivity contribution in [1.82, 2.24) is 10.6 Å². The molecule has 98 valence electrons. The van der Waals surface area contributed by atoms with Gasteiger partial charge in [-0.1, -0.05) is 13.3 Å². The summed E-state index contributed by atoms with van der Waals surface area (Å²) in [5, 5.41) is 10.8. The lowest BCUT2D eigenvalue weighted by molar-refractivity contribution is 0.730. The summed E-state index contributed by atoms with van der Waals surface area (Å²) in [5.41, 5.74) is 1.28. The molecule has 0 spiro atoms. The number of nitrogens with zero attached hydrogens (tertiary/aromatic N) is 1. The first-order valence-corrected chi connectivity index (χ1v) is 6.84. The maximum atomic E-state index is 4.53. The zero-order chi connectivity index (χ0) is 11.6. The molecule has 0 saturated carbocycles. The van der Waals surface area contributed by atoms with Crippen molar-refractivity contribution in [2.24, 2.45) is 4.99 Å². The number of unbranched alkanes of at least 4 members (excludes halogenated alkanes) is 1. The van der Waals surface area contributed by atoms with Crippen LogP contribution in [0.2, 0.25) is 0 Å². The Morgan fingerprint density at radius 3 is 2.76 bits per heavy atom.